The van der Waals surface area contributed by atoms with E-state index >= 15 is 0 Å². The van der Waals surface area contributed by atoms with Gasteiger partial charge in [0.15, 0.2) is 0 Å². The quantitative estimate of drug-likeness (QED) is 0.793. The third-order valence-corrected chi connectivity index (χ3v) is 2.38. The molecule has 1 N–H and O–H groups in total. The van der Waals surface area contributed by atoms with Crippen molar-refractivity contribution in [1.82, 2.24) is 15.2 Å². The van der Waals surface area contributed by atoms with Gasteiger partial charge in [0.25, 0.3) is 0 Å². The van der Waals surface area contributed by atoms with Gasteiger partial charge in [-0.15, -0.1) is 0 Å². The number of rotatable bonds is 6. The molecule has 1 rings (SSSR count). The first-order valence-electron chi connectivity index (χ1n) is 5.75. The molecule has 0 aromatic carbocycles. The van der Waals surface area contributed by atoms with Gasteiger partial charge in [-0.25, -0.2) is 0 Å². The maximum atomic E-state index is 4.29. The Morgan fingerprint density at radius 3 is 2.62 bits per heavy atom. The third kappa shape index (κ3) is 5.24. The monoisotopic (exact) mass is 221 g/mol. The molecule has 0 amide bonds. The zero-order valence-electron chi connectivity index (χ0n) is 10.8. The maximum Gasteiger partial charge on any atom is 0.0541 e. The predicted molar refractivity (Wildman–Crippen MR) is 68.3 cm³/mol. The Balaban J connectivity index is 2.30. The van der Waals surface area contributed by atoms with Gasteiger partial charge in [-0.3, -0.25) is 4.98 Å². The minimum absolute atomic E-state index is 0.290. The normalized spacial score (nSPS) is 12.1. The Bertz CT molecular complexity index is 293. The predicted octanol–water partition coefficient (Wildman–Crippen LogP) is 1.76. The van der Waals surface area contributed by atoms with Crippen molar-refractivity contribution >= 4 is 0 Å². The molecule has 3 nitrogen and oxygen atoms in total. The van der Waals surface area contributed by atoms with Crippen LogP contribution in [0, 0.1) is 5.41 Å². The summed E-state index contributed by atoms with van der Waals surface area (Å²) < 4.78 is 0. The molecule has 0 spiro atoms. The molecule has 1 aromatic rings. The topological polar surface area (TPSA) is 28.2 Å². The molecule has 90 valence electrons. The number of aromatic nitrogens is 1. The Hall–Kier alpha value is -0.930. The summed E-state index contributed by atoms with van der Waals surface area (Å²) in [6.07, 6.45) is 1.84. The summed E-state index contributed by atoms with van der Waals surface area (Å²) in [6.45, 7) is 7.48. The highest BCUT2D eigenvalue weighted by Gasteiger charge is 2.17. The van der Waals surface area contributed by atoms with Gasteiger partial charge in [0, 0.05) is 25.8 Å². The summed E-state index contributed by atoms with van der Waals surface area (Å²) in [7, 11) is 4.22. The molecule has 1 aromatic heterocycles. The fraction of sp³-hybridized carbons (Fsp3) is 0.615. The summed E-state index contributed by atoms with van der Waals surface area (Å²) in [5.74, 6) is 0. The summed E-state index contributed by atoms with van der Waals surface area (Å²) in [5.41, 5.74) is 1.39. The summed E-state index contributed by atoms with van der Waals surface area (Å²) >= 11 is 0. The molecule has 16 heavy (non-hydrogen) atoms. The molecular formula is C13H23N3. The first kappa shape index (κ1) is 13.1. The molecule has 0 saturated carbocycles. The van der Waals surface area contributed by atoms with Crippen molar-refractivity contribution in [1.29, 1.82) is 0 Å². The summed E-state index contributed by atoms with van der Waals surface area (Å²) in [6, 6.07) is 6.01. The van der Waals surface area contributed by atoms with Crippen LogP contribution in [-0.4, -0.2) is 37.1 Å². The Morgan fingerprint density at radius 2 is 2.06 bits per heavy atom. The SMILES string of the molecule is CN(C)CC(C)(C)CNCc1ccccn1. The number of pyridine rings is 1. The van der Waals surface area contributed by atoms with E-state index in [-0.39, 0.29) is 5.41 Å². The lowest BCUT2D eigenvalue weighted by molar-refractivity contribution is 0.232. The lowest BCUT2D eigenvalue weighted by atomic mass is 9.93. The number of nitrogens with zero attached hydrogens (tertiary/aromatic N) is 2. The maximum absolute atomic E-state index is 4.29. The van der Waals surface area contributed by atoms with Gasteiger partial charge >= 0.3 is 0 Å². The molecule has 0 aliphatic heterocycles. The summed E-state index contributed by atoms with van der Waals surface area (Å²) in [4.78, 5) is 6.51. The van der Waals surface area contributed by atoms with E-state index in [4.69, 9.17) is 0 Å². The van der Waals surface area contributed by atoms with E-state index in [2.05, 4.69) is 43.1 Å². The highest BCUT2D eigenvalue weighted by molar-refractivity contribution is 5.02. The molecule has 1 heterocycles. The molecule has 0 aliphatic carbocycles. The lowest BCUT2D eigenvalue weighted by Crippen LogP contribution is -2.37. The van der Waals surface area contributed by atoms with Crippen LogP contribution in [0.1, 0.15) is 19.5 Å². The van der Waals surface area contributed by atoms with Gasteiger partial charge < -0.3 is 10.2 Å². The minimum atomic E-state index is 0.290. The van der Waals surface area contributed by atoms with Gasteiger partial charge in [-0.1, -0.05) is 19.9 Å². The second-order valence-corrected chi connectivity index (χ2v) is 5.33. The smallest absolute Gasteiger partial charge is 0.0541 e. The fourth-order valence-electron chi connectivity index (χ4n) is 1.94. The van der Waals surface area contributed by atoms with Crippen molar-refractivity contribution < 1.29 is 0 Å². The molecule has 0 bridgehead atoms. The first-order chi connectivity index (χ1) is 7.49. The second kappa shape index (κ2) is 5.97. The molecule has 3 heteroatoms. The minimum Gasteiger partial charge on any atom is -0.311 e. The first-order valence-corrected chi connectivity index (χ1v) is 5.75. The standard InChI is InChI=1S/C13H23N3/c1-13(2,11-16(3)4)10-14-9-12-7-5-6-8-15-12/h5-8,14H,9-11H2,1-4H3. The second-order valence-electron chi connectivity index (χ2n) is 5.33. The molecule has 0 aliphatic rings. The average Bonchev–Trinajstić information content (AvgIpc) is 2.16. The van der Waals surface area contributed by atoms with E-state index in [9.17, 15) is 0 Å². The molecule has 0 saturated heterocycles. The van der Waals surface area contributed by atoms with Crippen molar-refractivity contribution in [2.24, 2.45) is 5.41 Å². The highest BCUT2D eigenvalue weighted by atomic mass is 15.1. The third-order valence-electron chi connectivity index (χ3n) is 2.38. The van der Waals surface area contributed by atoms with Gasteiger partial charge in [0.1, 0.15) is 0 Å². The average molecular weight is 221 g/mol. The van der Waals surface area contributed by atoms with Crippen LogP contribution in [0.5, 0.6) is 0 Å². The van der Waals surface area contributed by atoms with Crippen LogP contribution in [0.4, 0.5) is 0 Å². The van der Waals surface area contributed by atoms with E-state index in [1.807, 2.05) is 24.4 Å². The Labute approximate surface area is 98.9 Å². The number of hydrogen-bond acceptors (Lipinski definition) is 3. The zero-order valence-corrected chi connectivity index (χ0v) is 10.8. The van der Waals surface area contributed by atoms with Crippen molar-refractivity contribution in [3.63, 3.8) is 0 Å². The van der Waals surface area contributed by atoms with E-state index in [1.54, 1.807) is 0 Å². The highest BCUT2D eigenvalue weighted by Crippen LogP contribution is 2.14. The molecule has 0 fully saturated rings. The number of hydrogen-bond donors (Lipinski definition) is 1. The molecular weight excluding hydrogens is 198 g/mol. The van der Waals surface area contributed by atoms with Crippen molar-refractivity contribution in [3.8, 4) is 0 Å². The van der Waals surface area contributed by atoms with Gasteiger partial charge in [-0.2, -0.15) is 0 Å². The zero-order chi connectivity index (χ0) is 12.0. The Kier molecular flexibility index (Phi) is 4.90. The van der Waals surface area contributed by atoms with Crippen molar-refractivity contribution in [2.45, 2.75) is 20.4 Å². The van der Waals surface area contributed by atoms with E-state index in [0.29, 0.717) is 0 Å². The lowest BCUT2D eigenvalue weighted by Gasteiger charge is -2.28. The molecule has 0 unspecified atom stereocenters. The van der Waals surface area contributed by atoms with Crippen LogP contribution in [0.15, 0.2) is 24.4 Å². The van der Waals surface area contributed by atoms with Crippen LogP contribution >= 0.6 is 0 Å². The van der Waals surface area contributed by atoms with Gasteiger partial charge in [-0.05, 0) is 31.6 Å². The van der Waals surface area contributed by atoms with E-state index in [1.165, 1.54) is 0 Å². The van der Waals surface area contributed by atoms with Crippen molar-refractivity contribution in [2.75, 3.05) is 27.2 Å². The summed E-state index contributed by atoms with van der Waals surface area (Å²) in [5, 5.41) is 3.46. The van der Waals surface area contributed by atoms with E-state index < -0.39 is 0 Å². The van der Waals surface area contributed by atoms with Crippen LogP contribution < -0.4 is 5.32 Å². The fourth-order valence-corrected chi connectivity index (χ4v) is 1.94. The number of nitrogens with one attached hydrogen (secondary N) is 1. The Morgan fingerprint density at radius 1 is 1.31 bits per heavy atom. The van der Waals surface area contributed by atoms with Crippen LogP contribution in [0.2, 0.25) is 0 Å². The van der Waals surface area contributed by atoms with Crippen LogP contribution in [0.3, 0.4) is 0 Å². The van der Waals surface area contributed by atoms with Crippen LogP contribution in [-0.2, 0) is 6.54 Å². The van der Waals surface area contributed by atoms with E-state index in [0.717, 1.165) is 25.3 Å². The molecule has 0 atom stereocenters. The molecule has 0 radical (unpaired) electrons. The van der Waals surface area contributed by atoms with Gasteiger partial charge in [0.2, 0.25) is 0 Å². The van der Waals surface area contributed by atoms with Crippen molar-refractivity contribution in [3.05, 3.63) is 30.1 Å². The van der Waals surface area contributed by atoms with Crippen LogP contribution in [0.25, 0.3) is 0 Å². The largest absolute Gasteiger partial charge is 0.311 e. The van der Waals surface area contributed by atoms with Gasteiger partial charge in [0.05, 0.1) is 5.69 Å².